The molecule has 1 aromatic rings. The van der Waals surface area contributed by atoms with E-state index in [2.05, 4.69) is 0 Å². The number of rotatable bonds is 4. The van der Waals surface area contributed by atoms with E-state index < -0.39 is 11.3 Å². The highest BCUT2D eigenvalue weighted by Gasteiger charge is 2.13. The lowest BCUT2D eigenvalue weighted by atomic mass is 10.2. The predicted molar refractivity (Wildman–Crippen MR) is 59.2 cm³/mol. The number of hydrogen-bond donors (Lipinski definition) is 2. The number of ether oxygens (including phenoxy) is 1. The van der Waals surface area contributed by atoms with Crippen molar-refractivity contribution in [2.45, 2.75) is 17.2 Å². The van der Waals surface area contributed by atoms with E-state index in [1.807, 2.05) is 13.0 Å². The molecule has 1 unspecified atom stereocenters. The lowest BCUT2D eigenvalue weighted by molar-refractivity contribution is -0.136. The van der Waals surface area contributed by atoms with Crippen molar-refractivity contribution in [3.8, 4) is 5.75 Å². The molecule has 1 atom stereocenters. The Bertz CT molecular complexity index is 368. The van der Waals surface area contributed by atoms with E-state index in [1.54, 1.807) is 19.2 Å². The third-order valence-electron chi connectivity index (χ3n) is 1.87. The predicted octanol–water partition coefficient (Wildman–Crippen LogP) is 1.47. The molecule has 0 amide bonds. The maximum atomic E-state index is 10.5. The van der Waals surface area contributed by atoms with Gasteiger partial charge in [0.25, 0.3) is 0 Å². The average molecular weight is 227 g/mol. The van der Waals surface area contributed by atoms with Crippen LogP contribution in [-0.2, 0) is 4.79 Å². The zero-order valence-corrected chi connectivity index (χ0v) is 9.38. The van der Waals surface area contributed by atoms with Crippen LogP contribution in [0.15, 0.2) is 23.1 Å². The molecule has 0 heterocycles. The maximum Gasteiger partial charge on any atom is 0.331 e. The fraction of sp³-hybridized carbons (Fsp3) is 0.300. The minimum atomic E-state index is -1.02. The molecule has 15 heavy (non-hydrogen) atoms. The van der Waals surface area contributed by atoms with Crippen LogP contribution in [0.25, 0.3) is 0 Å². The number of hydrogen-bond acceptors (Lipinski definition) is 4. The van der Waals surface area contributed by atoms with Crippen molar-refractivity contribution in [2.75, 3.05) is 7.11 Å². The summed E-state index contributed by atoms with van der Waals surface area (Å²) in [5, 5.41) is 7.71. The highest BCUT2D eigenvalue weighted by Crippen LogP contribution is 2.26. The van der Waals surface area contributed by atoms with Crippen LogP contribution in [0.4, 0.5) is 0 Å². The Morgan fingerprint density at radius 3 is 2.73 bits per heavy atom. The number of thioether (sulfide) groups is 1. The van der Waals surface area contributed by atoms with Gasteiger partial charge in [0, 0.05) is 4.90 Å². The standard InChI is InChI=1S/C10H13NO3S/c1-6-5-7(3-4-8(6)14-2)15-9(11)10(12)13/h3-5,9H,11H2,1-2H3,(H,12,13). The van der Waals surface area contributed by atoms with Gasteiger partial charge >= 0.3 is 5.97 Å². The fourth-order valence-corrected chi connectivity index (χ4v) is 1.91. The number of nitrogens with two attached hydrogens (primary N) is 1. The van der Waals surface area contributed by atoms with Crippen molar-refractivity contribution < 1.29 is 14.6 Å². The van der Waals surface area contributed by atoms with Crippen LogP contribution in [-0.4, -0.2) is 23.6 Å². The Labute approximate surface area is 92.4 Å². The lowest BCUT2D eigenvalue weighted by Gasteiger charge is -2.09. The van der Waals surface area contributed by atoms with Crippen molar-refractivity contribution in [3.63, 3.8) is 0 Å². The molecule has 3 N–H and O–H groups in total. The number of carboxylic acid groups (broad SMARTS) is 1. The quantitative estimate of drug-likeness (QED) is 0.602. The van der Waals surface area contributed by atoms with E-state index in [4.69, 9.17) is 15.6 Å². The first-order valence-corrected chi connectivity index (χ1v) is 5.22. The summed E-state index contributed by atoms with van der Waals surface area (Å²) in [5.41, 5.74) is 6.36. The minimum absolute atomic E-state index is 0.781. The number of carbonyl (C=O) groups is 1. The summed E-state index contributed by atoms with van der Waals surface area (Å²) in [6, 6.07) is 5.44. The van der Waals surface area contributed by atoms with Crippen molar-refractivity contribution in [1.29, 1.82) is 0 Å². The number of carboxylic acids is 1. The van der Waals surface area contributed by atoms with Gasteiger partial charge in [0.1, 0.15) is 5.75 Å². The number of aliphatic carboxylic acids is 1. The monoisotopic (exact) mass is 227 g/mol. The van der Waals surface area contributed by atoms with Crippen LogP contribution < -0.4 is 10.5 Å². The van der Waals surface area contributed by atoms with E-state index in [0.717, 1.165) is 28.0 Å². The van der Waals surface area contributed by atoms with Gasteiger partial charge in [0.05, 0.1) is 7.11 Å². The SMILES string of the molecule is COc1ccc(SC(N)C(=O)O)cc1C. The second-order valence-electron chi connectivity index (χ2n) is 3.01. The van der Waals surface area contributed by atoms with Crippen molar-refractivity contribution >= 4 is 17.7 Å². The van der Waals surface area contributed by atoms with Crippen LogP contribution in [0.1, 0.15) is 5.56 Å². The summed E-state index contributed by atoms with van der Waals surface area (Å²) in [5.74, 6) is -0.239. The van der Waals surface area contributed by atoms with Crippen LogP contribution in [0.5, 0.6) is 5.75 Å². The molecule has 5 heteroatoms. The summed E-state index contributed by atoms with van der Waals surface area (Å²) >= 11 is 1.11. The molecule has 0 saturated heterocycles. The van der Waals surface area contributed by atoms with Gasteiger partial charge in [0.2, 0.25) is 0 Å². The van der Waals surface area contributed by atoms with Crippen LogP contribution in [0.2, 0.25) is 0 Å². The van der Waals surface area contributed by atoms with Crippen LogP contribution >= 0.6 is 11.8 Å². The topological polar surface area (TPSA) is 72.5 Å². The molecule has 0 bridgehead atoms. The van der Waals surface area contributed by atoms with E-state index in [-0.39, 0.29) is 0 Å². The summed E-state index contributed by atoms with van der Waals surface area (Å²) in [6.45, 7) is 1.90. The van der Waals surface area contributed by atoms with Crippen molar-refractivity contribution in [1.82, 2.24) is 0 Å². The third kappa shape index (κ3) is 3.14. The van der Waals surface area contributed by atoms with Crippen LogP contribution in [0.3, 0.4) is 0 Å². The van der Waals surface area contributed by atoms with Crippen LogP contribution in [0, 0.1) is 6.92 Å². The Kier molecular flexibility index (Phi) is 3.99. The average Bonchev–Trinajstić information content (AvgIpc) is 2.18. The highest BCUT2D eigenvalue weighted by atomic mass is 32.2. The molecule has 0 spiro atoms. The number of benzene rings is 1. The molecule has 4 nitrogen and oxygen atoms in total. The normalized spacial score (nSPS) is 12.2. The Hall–Kier alpha value is -1.20. The first kappa shape index (κ1) is 11.9. The molecule has 0 aliphatic carbocycles. The third-order valence-corrected chi connectivity index (χ3v) is 2.85. The Morgan fingerprint density at radius 1 is 1.60 bits per heavy atom. The molecule has 1 aromatic carbocycles. The molecule has 0 aromatic heterocycles. The van der Waals surface area contributed by atoms with Gasteiger partial charge in [0.15, 0.2) is 5.37 Å². The van der Waals surface area contributed by atoms with Gasteiger partial charge in [-0.05, 0) is 30.7 Å². The molecule has 0 aliphatic heterocycles. The first-order valence-electron chi connectivity index (χ1n) is 4.34. The summed E-state index contributed by atoms with van der Waals surface area (Å²) in [4.78, 5) is 11.4. The molecule has 1 rings (SSSR count). The fourth-order valence-electron chi connectivity index (χ4n) is 1.12. The van der Waals surface area contributed by atoms with Gasteiger partial charge in [-0.25, -0.2) is 4.79 Å². The van der Waals surface area contributed by atoms with Gasteiger partial charge in [-0.1, -0.05) is 11.8 Å². The van der Waals surface area contributed by atoms with E-state index in [9.17, 15) is 4.79 Å². The number of aryl methyl sites for hydroxylation is 1. The van der Waals surface area contributed by atoms with Crippen molar-refractivity contribution in [3.05, 3.63) is 23.8 Å². The van der Waals surface area contributed by atoms with Gasteiger partial charge < -0.3 is 15.6 Å². The lowest BCUT2D eigenvalue weighted by Crippen LogP contribution is -2.25. The smallest absolute Gasteiger partial charge is 0.331 e. The molecular formula is C10H13NO3S. The summed E-state index contributed by atoms with van der Waals surface area (Å²) < 4.78 is 5.10. The minimum Gasteiger partial charge on any atom is -0.496 e. The van der Waals surface area contributed by atoms with Crippen molar-refractivity contribution in [2.24, 2.45) is 5.73 Å². The molecule has 0 saturated carbocycles. The Morgan fingerprint density at radius 2 is 2.27 bits per heavy atom. The molecule has 0 fully saturated rings. The van der Waals surface area contributed by atoms with E-state index >= 15 is 0 Å². The van der Waals surface area contributed by atoms with Gasteiger partial charge in [-0.3, -0.25) is 0 Å². The van der Waals surface area contributed by atoms with Gasteiger partial charge in [-0.15, -0.1) is 0 Å². The molecule has 82 valence electrons. The zero-order chi connectivity index (χ0) is 11.4. The Balaban J connectivity index is 2.79. The van der Waals surface area contributed by atoms with E-state index in [1.165, 1.54) is 0 Å². The zero-order valence-electron chi connectivity index (χ0n) is 8.56. The number of methoxy groups -OCH3 is 1. The maximum absolute atomic E-state index is 10.5. The summed E-state index contributed by atoms with van der Waals surface area (Å²) in [6.07, 6.45) is 0. The van der Waals surface area contributed by atoms with Gasteiger partial charge in [-0.2, -0.15) is 0 Å². The first-order chi connectivity index (χ1) is 7.04. The largest absolute Gasteiger partial charge is 0.496 e. The van der Waals surface area contributed by atoms with E-state index in [0.29, 0.717) is 0 Å². The molecule has 0 radical (unpaired) electrons. The molecular weight excluding hydrogens is 214 g/mol. The summed E-state index contributed by atoms with van der Waals surface area (Å²) in [7, 11) is 1.60. The highest BCUT2D eigenvalue weighted by molar-refractivity contribution is 8.00. The second kappa shape index (κ2) is 5.04. The molecule has 0 aliphatic rings. The second-order valence-corrected chi connectivity index (χ2v) is 4.22.